The summed E-state index contributed by atoms with van der Waals surface area (Å²) in [7, 11) is 0. The lowest BCUT2D eigenvalue weighted by Gasteiger charge is -2.16. The van der Waals surface area contributed by atoms with Gasteiger partial charge in [0.1, 0.15) is 11.8 Å². The van der Waals surface area contributed by atoms with E-state index in [1.165, 1.54) is 0 Å². The van der Waals surface area contributed by atoms with Crippen molar-refractivity contribution in [1.29, 1.82) is 5.26 Å². The van der Waals surface area contributed by atoms with Gasteiger partial charge in [-0.3, -0.25) is 4.79 Å². The number of benzene rings is 2. The van der Waals surface area contributed by atoms with E-state index >= 15 is 0 Å². The quantitative estimate of drug-likeness (QED) is 0.678. The van der Waals surface area contributed by atoms with E-state index < -0.39 is 5.41 Å². The maximum Gasteiger partial charge on any atom is 0.235 e. The van der Waals surface area contributed by atoms with Crippen molar-refractivity contribution in [3.05, 3.63) is 53.7 Å². The summed E-state index contributed by atoms with van der Waals surface area (Å²) in [4.78, 5) is 16.0. The Hall–Kier alpha value is -3.46. The van der Waals surface area contributed by atoms with Crippen molar-refractivity contribution >= 4 is 28.2 Å². The molecule has 0 saturated heterocycles. The second-order valence-corrected chi connectivity index (χ2v) is 6.79. The van der Waals surface area contributed by atoms with E-state index in [0.717, 1.165) is 46.4 Å². The monoisotopic (exact) mass is 344 g/mol. The summed E-state index contributed by atoms with van der Waals surface area (Å²) < 4.78 is 5.46. The van der Waals surface area contributed by atoms with Gasteiger partial charge < -0.3 is 20.4 Å². The third-order valence-corrected chi connectivity index (χ3v) is 5.27. The van der Waals surface area contributed by atoms with Crippen LogP contribution in [0, 0.1) is 11.3 Å². The Kier molecular flexibility index (Phi) is 3.01. The highest BCUT2D eigenvalue weighted by Gasteiger charge is 2.51. The molecule has 26 heavy (non-hydrogen) atoms. The van der Waals surface area contributed by atoms with Crippen molar-refractivity contribution in [1.82, 2.24) is 4.98 Å². The summed E-state index contributed by atoms with van der Waals surface area (Å²) in [6, 6.07) is 13.6. The first-order valence-corrected chi connectivity index (χ1v) is 8.53. The molecule has 1 amide bonds. The summed E-state index contributed by atoms with van der Waals surface area (Å²) in [6.45, 7) is 0.471. The molecule has 0 radical (unpaired) electrons. The third kappa shape index (κ3) is 2.14. The van der Waals surface area contributed by atoms with Gasteiger partial charge in [-0.15, -0.1) is 0 Å². The average molecular weight is 344 g/mol. The van der Waals surface area contributed by atoms with Crippen LogP contribution in [0.3, 0.4) is 0 Å². The number of nitrogens with zero attached hydrogens (tertiary/aromatic N) is 1. The Morgan fingerprint density at radius 3 is 2.92 bits per heavy atom. The second-order valence-electron chi connectivity index (χ2n) is 6.79. The number of aromatic nitrogens is 1. The van der Waals surface area contributed by atoms with E-state index in [4.69, 9.17) is 10.00 Å². The number of amides is 1. The minimum absolute atomic E-state index is 0.00257. The SMILES string of the molecule is N#Cc1c[nH]c2cc(NC(=O)C3(c4ccc5c(c4)NCO5)CC3)ccc12. The van der Waals surface area contributed by atoms with Gasteiger partial charge in [0, 0.05) is 22.8 Å². The molecule has 3 N–H and O–H groups in total. The number of rotatable bonds is 3. The molecule has 128 valence electrons. The number of aromatic amines is 1. The van der Waals surface area contributed by atoms with Crippen LogP contribution < -0.4 is 15.4 Å². The van der Waals surface area contributed by atoms with Crippen LogP contribution in [0.25, 0.3) is 10.9 Å². The molecule has 1 aliphatic carbocycles. The van der Waals surface area contributed by atoms with E-state index in [0.29, 0.717) is 12.3 Å². The van der Waals surface area contributed by atoms with Crippen molar-refractivity contribution < 1.29 is 9.53 Å². The van der Waals surface area contributed by atoms with Crippen molar-refractivity contribution in [2.24, 2.45) is 0 Å². The van der Waals surface area contributed by atoms with Crippen LogP contribution in [0.1, 0.15) is 24.0 Å². The molecule has 2 aliphatic rings. The highest BCUT2D eigenvalue weighted by molar-refractivity contribution is 6.03. The number of ether oxygens (including phenoxy) is 1. The number of carbonyl (C=O) groups excluding carboxylic acids is 1. The van der Waals surface area contributed by atoms with Gasteiger partial charge in [-0.05, 0) is 48.7 Å². The predicted molar refractivity (Wildman–Crippen MR) is 98.1 cm³/mol. The Bertz CT molecular complexity index is 1090. The summed E-state index contributed by atoms with van der Waals surface area (Å²) in [5.74, 6) is 0.832. The fourth-order valence-electron chi connectivity index (χ4n) is 3.60. The molecule has 1 fully saturated rings. The molecular weight excluding hydrogens is 328 g/mol. The van der Waals surface area contributed by atoms with E-state index in [2.05, 4.69) is 21.7 Å². The summed E-state index contributed by atoms with van der Waals surface area (Å²) >= 11 is 0. The lowest BCUT2D eigenvalue weighted by atomic mass is 9.94. The lowest BCUT2D eigenvalue weighted by molar-refractivity contribution is -0.118. The van der Waals surface area contributed by atoms with Crippen LogP contribution in [0.4, 0.5) is 11.4 Å². The number of nitrogens with one attached hydrogen (secondary N) is 3. The largest absolute Gasteiger partial charge is 0.471 e. The van der Waals surface area contributed by atoms with Gasteiger partial charge in [0.25, 0.3) is 0 Å². The van der Waals surface area contributed by atoms with Gasteiger partial charge in [0.05, 0.1) is 16.7 Å². The molecule has 2 aromatic carbocycles. The Balaban J connectivity index is 1.42. The van der Waals surface area contributed by atoms with Crippen LogP contribution in [0.5, 0.6) is 5.75 Å². The van der Waals surface area contributed by atoms with Gasteiger partial charge in [-0.1, -0.05) is 6.07 Å². The minimum Gasteiger partial charge on any atom is -0.471 e. The van der Waals surface area contributed by atoms with E-state index in [9.17, 15) is 4.79 Å². The summed E-state index contributed by atoms with van der Waals surface area (Å²) in [5.41, 5.74) is 3.65. The number of hydrogen-bond acceptors (Lipinski definition) is 4. The zero-order valence-corrected chi connectivity index (χ0v) is 13.9. The van der Waals surface area contributed by atoms with Crippen LogP contribution in [-0.4, -0.2) is 17.6 Å². The molecular formula is C20H16N4O2. The van der Waals surface area contributed by atoms with Crippen LogP contribution in [0.2, 0.25) is 0 Å². The standard InChI is InChI=1S/C20H16N4O2/c21-9-12-10-22-16-8-14(2-3-15(12)16)24-19(25)20(5-6-20)13-1-4-18-17(7-13)23-11-26-18/h1-4,7-8,10,22-23H,5-6,11H2,(H,24,25). The molecule has 6 heteroatoms. The zero-order chi connectivity index (χ0) is 17.7. The van der Waals surface area contributed by atoms with E-state index in [1.54, 1.807) is 6.20 Å². The summed E-state index contributed by atoms with van der Waals surface area (Å²) in [6.07, 6.45) is 3.35. The molecule has 0 spiro atoms. The normalized spacial score (nSPS) is 16.3. The number of nitriles is 1. The number of fused-ring (bicyclic) bond motifs is 2. The average Bonchev–Trinajstić information content (AvgIpc) is 3.17. The van der Waals surface area contributed by atoms with Gasteiger partial charge in [0.2, 0.25) is 5.91 Å². The smallest absolute Gasteiger partial charge is 0.235 e. The molecule has 1 aromatic heterocycles. The molecule has 0 bridgehead atoms. The molecule has 0 atom stereocenters. The van der Waals surface area contributed by atoms with Gasteiger partial charge in [-0.25, -0.2) is 0 Å². The van der Waals surface area contributed by atoms with Crippen molar-refractivity contribution in [3.63, 3.8) is 0 Å². The van der Waals surface area contributed by atoms with Crippen LogP contribution in [0.15, 0.2) is 42.6 Å². The Labute approximate surface area is 149 Å². The molecule has 1 aliphatic heterocycles. The first-order chi connectivity index (χ1) is 12.7. The highest BCUT2D eigenvalue weighted by atomic mass is 16.5. The first-order valence-electron chi connectivity index (χ1n) is 8.53. The summed E-state index contributed by atoms with van der Waals surface area (Å²) in [5, 5.41) is 16.2. The molecule has 6 nitrogen and oxygen atoms in total. The highest BCUT2D eigenvalue weighted by Crippen LogP contribution is 2.50. The third-order valence-electron chi connectivity index (χ3n) is 5.27. The van der Waals surface area contributed by atoms with Gasteiger partial charge >= 0.3 is 0 Å². The number of carbonyl (C=O) groups is 1. The fraction of sp³-hybridized carbons (Fsp3) is 0.200. The lowest BCUT2D eigenvalue weighted by Crippen LogP contribution is -2.27. The van der Waals surface area contributed by atoms with Crippen LogP contribution in [-0.2, 0) is 10.2 Å². The van der Waals surface area contributed by atoms with Crippen LogP contribution >= 0.6 is 0 Å². The molecule has 1 saturated carbocycles. The number of anilines is 2. The minimum atomic E-state index is -0.470. The van der Waals surface area contributed by atoms with Gasteiger partial charge in [0.15, 0.2) is 6.73 Å². The number of hydrogen-bond donors (Lipinski definition) is 3. The van der Waals surface area contributed by atoms with Crippen molar-refractivity contribution in [2.45, 2.75) is 18.3 Å². The zero-order valence-electron chi connectivity index (χ0n) is 13.9. The van der Waals surface area contributed by atoms with Gasteiger partial charge in [-0.2, -0.15) is 5.26 Å². The fourth-order valence-corrected chi connectivity index (χ4v) is 3.60. The number of H-pyrrole nitrogens is 1. The molecule has 3 aromatic rings. The molecule has 0 unspecified atom stereocenters. The maximum absolute atomic E-state index is 13.0. The van der Waals surface area contributed by atoms with Crippen molar-refractivity contribution in [3.8, 4) is 11.8 Å². The molecule has 5 rings (SSSR count). The maximum atomic E-state index is 13.0. The Morgan fingerprint density at radius 2 is 2.12 bits per heavy atom. The topological polar surface area (TPSA) is 89.9 Å². The van der Waals surface area contributed by atoms with E-state index in [1.807, 2.05) is 36.4 Å². The van der Waals surface area contributed by atoms with E-state index in [-0.39, 0.29) is 5.91 Å². The predicted octanol–water partition coefficient (Wildman–Crippen LogP) is 3.47. The van der Waals surface area contributed by atoms with Crippen molar-refractivity contribution in [2.75, 3.05) is 17.4 Å². The molecule has 2 heterocycles. The Morgan fingerprint density at radius 1 is 1.23 bits per heavy atom. The second kappa shape index (κ2) is 5.27. The first kappa shape index (κ1) is 14.8.